The average molecular weight is 455 g/mol. The molecule has 6 nitrogen and oxygen atoms in total. The van der Waals surface area contributed by atoms with Crippen LogP contribution in [-0.4, -0.2) is 34.2 Å². The Morgan fingerprint density at radius 1 is 0.844 bits per heavy atom. The maximum atomic E-state index is 11.4. The van der Waals surface area contributed by atoms with Gasteiger partial charge in [0.05, 0.1) is 11.8 Å². The summed E-state index contributed by atoms with van der Waals surface area (Å²) in [6.45, 7) is 10.2. The van der Waals surface area contributed by atoms with Crippen LogP contribution in [-0.2, 0) is 19.1 Å². The Bertz CT molecular complexity index is 512. The summed E-state index contributed by atoms with van der Waals surface area (Å²) in [5.41, 5.74) is 0. The number of hydrogen-bond acceptors (Lipinski definition) is 4. The van der Waals surface area contributed by atoms with Gasteiger partial charge in [-0.3, -0.25) is 9.59 Å². The van der Waals surface area contributed by atoms with Gasteiger partial charge in [-0.1, -0.05) is 65.9 Å². The molecule has 6 heteroatoms. The van der Waals surface area contributed by atoms with Crippen molar-refractivity contribution in [3.05, 3.63) is 12.7 Å². The molecular weight excluding hydrogens is 408 g/mol. The van der Waals surface area contributed by atoms with Crippen LogP contribution < -0.4 is 0 Å². The van der Waals surface area contributed by atoms with Crippen LogP contribution in [0.2, 0.25) is 0 Å². The Morgan fingerprint density at radius 2 is 1.28 bits per heavy atom. The van der Waals surface area contributed by atoms with Gasteiger partial charge in [0.2, 0.25) is 0 Å². The first-order valence-electron chi connectivity index (χ1n) is 12.5. The third kappa shape index (κ3) is 15.9. The number of aliphatic carboxylic acids is 2. The number of hydrogen-bond donors (Lipinski definition) is 2. The predicted octanol–water partition coefficient (Wildman–Crippen LogP) is 6.62. The minimum atomic E-state index is -0.793. The number of carbonyl (C=O) groups excluding carboxylic acids is 1. The van der Waals surface area contributed by atoms with Crippen LogP contribution >= 0.6 is 0 Å². The van der Waals surface area contributed by atoms with Crippen molar-refractivity contribution in [2.45, 2.75) is 117 Å². The van der Waals surface area contributed by atoms with E-state index >= 15 is 0 Å². The second-order valence-corrected chi connectivity index (χ2v) is 9.37. The Balaban J connectivity index is 0.000000677. The summed E-state index contributed by atoms with van der Waals surface area (Å²) in [6.07, 6.45) is 15.3. The molecule has 0 aliphatic heterocycles. The van der Waals surface area contributed by atoms with Gasteiger partial charge in [-0.25, -0.2) is 4.79 Å². The lowest BCUT2D eigenvalue weighted by Gasteiger charge is -2.22. The summed E-state index contributed by atoms with van der Waals surface area (Å²) in [6, 6.07) is 0. The molecule has 1 aliphatic rings. The molecule has 1 unspecified atom stereocenters. The normalized spacial score (nSPS) is 18.9. The molecule has 1 fully saturated rings. The van der Waals surface area contributed by atoms with Crippen LogP contribution in [0.25, 0.3) is 0 Å². The molecular formula is C26H46O6. The molecule has 0 spiro atoms. The van der Waals surface area contributed by atoms with E-state index in [1.54, 1.807) is 0 Å². The van der Waals surface area contributed by atoms with Gasteiger partial charge >= 0.3 is 17.9 Å². The van der Waals surface area contributed by atoms with Gasteiger partial charge in [-0.05, 0) is 57.3 Å². The molecule has 0 heterocycles. The highest BCUT2D eigenvalue weighted by molar-refractivity contribution is 5.81. The summed E-state index contributed by atoms with van der Waals surface area (Å²) in [5, 5.41) is 17.2. The fraction of sp³-hybridized carbons (Fsp3) is 0.808. The zero-order chi connectivity index (χ0) is 24.4. The second kappa shape index (κ2) is 18.7. The fourth-order valence-electron chi connectivity index (χ4n) is 3.96. The molecule has 0 radical (unpaired) electrons. The average Bonchev–Trinajstić information content (AvgIpc) is 2.76. The first kappa shape index (κ1) is 30.1. The Labute approximate surface area is 194 Å². The van der Waals surface area contributed by atoms with Crippen LogP contribution in [0, 0.1) is 17.8 Å². The monoisotopic (exact) mass is 454 g/mol. The predicted molar refractivity (Wildman–Crippen MR) is 127 cm³/mol. The lowest BCUT2D eigenvalue weighted by Crippen LogP contribution is -2.25. The molecule has 32 heavy (non-hydrogen) atoms. The second-order valence-electron chi connectivity index (χ2n) is 9.37. The van der Waals surface area contributed by atoms with Crippen LogP contribution in [0.15, 0.2) is 12.7 Å². The molecule has 0 aromatic carbocycles. The van der Waals surface area contributed by atoms with Crippen molar-refractivity contribution < 1.29 is 29.3 Å². The van der Waals surface area contributed by atoms with Gasteiger partial charge in [0.1, 0.15) is 6.10 Å². The zero-order valence-electron chi connectivity index (χ0n) is 20.5. The number of carboxylic acid groups (broad SMARTS) is 2. The molecule has 0 aromatic rings. The van der Waals surface area contributed by atoms with Gasteiger partial charge in [-0.2, -0.15) is 0 Å². The number of esters is 1. The van der Waals surface area contributed by atoms with Gasteiger partial charge < -0.3 is 14.9 Å². The highest BCUT2D eigenvalue weighted by atomic mass is 16.5. The number of ether oxygens (including phenoxy) is 1. The number of unbranched alkanes of at least 4 members (excludes halogenated alkanes) is 5. The summed E-state index contributed by atoms with van der Waals surface area (Å²) < 4.78 is 5.46. The highest BCUT2D eigenvalue weighted by Gasteiger charge is 2.29. The smallest absolute Gasteiger partial charge is 0.330 e. The molecule has 186 valence electrons. The van der Waals surface area contributed by atoms with Crippen molar-refractivity contribution in [1.82, 2.24) is 0 Å². The van der Waals surface area contributed by atoms with Crippen LogP contribution in [0.4, 0.5) is 0 Å². The molecule has 0 amide bonds. The largest absolute Gasteiger partial charge is 0.481 e. The minimum Gasteiger partial charge on any atom is -0.481 e. The van der Waals surface area contributed by atoms with E-state index in [0.717, 1.165) is 25.2 Å². The molecule has 0 saturated heterocycles. The van der Waals surface area contributed by atoms with Crippen molar-refractivity contribution in [1.29, 1.82) is 0 Å². The number of rotatable bonds is 15. The first-order valence-corrected chi connectivity index (χ1v) is 12.5. The van der Waals surface area contributed by atoms with Gasteiger partial charge in [0, 0.05) is 6.08 Å². The SMILES string of the molecule is C=CC(=O)OC(CCCCCCC)CCCCC(C)C.O=C(O)C1CCC(C(=O)O)CC1. The summed E-state index contributed by atoms with van der Waals surface area (Å²) in [7, 11) is 0. The van der Waals surface area contributed by atoms with Gasteiger partial charge in [0.15, 0.2) is 0 Å². The lowest BCUT2D eigenvalue weighted by atomic mass is 9.82. The van der Waals surface area contributed by atoms with E-state index in [9.17, 15) is 14.4 Å². The molecule has 0 bridgehead atoms. The zero-order valence-corrected chi connectivity index (χ0v) is 20.5. The Kier molecular flexibility index (Phi) is 17.6. The van der Waals surface area contributed by atoms with Crippen molar-refractivity contribution in [3.8, 4) is 0 Å². The van der Waals surface area contributed by atoms with Crippen LogP contribution in [0.3, 0.4) is 0 Å². The number of carboxylic acids is 2. The summed E-state index contributed by atoms with van der Waals surface area (Å²) in [4.78, 5) is 32.3. The molecule has 2 N–H and O–H groups in total. The van der Waals surface area contributed by atoms with E-state index in [2.05, 4.69) is 27.4 Å². The Morgan fingerprint density at radius 3 is 1.69 bits per heavy atom. The minimum absolute atomic E-state index is 0.0919. The Hall–Kier alpha value is -1.85. The van der Waals surface area contributed by atoms with Crippen LogP contribution in [0.1, 0.15) is 111 Å². The highest BCUT2D eigenvalue weighted by Crippen LogP contribution is 2.28. The molecule has 1 aliphatic carbocycles. The maximum Gasteiger partial charge on any atom is 0.330 e. The standard InChI is InChI=1S/C18H34O2.C8H12O4/c1-5-7-8-9-10-14-17(20-18(19)6-2)15-12-11-13-16(3)4;9-7(10)5-1-2-6(4-3-5)8(11)12/h6,16-17H,2,5,7-15H2,1,3-4H3;5-6H,1-4H2,(H,9,10)(H,11,12). The quantitative estimate of drug-likeness (QED) is 0.164. The third-order valence-corrected chi connectivity index (χ3v) is 6.06. The van der Waals surface area contributed by atoms with E-state index < -0.39 is 11.9 Å². The van der Waals surface area contributed by atoms with E-state index in [4.69, 9.17) is 14.9 Å². The summed E-state index contributed by atoms with van der Waals surface area (Å²) in [5.74, 6) is -1.73. The topological polar surface area (TPSA) is 101 Å². The summed E-state index contributed by atoms with van der Waals surface area (Å²) >= 11 is 0. The van der Waals surface area contributed by atoms with Gasteiger partial charge in [0.25, 0.3) is 0 Å². The molecule has 1 rings (SSSR count). The van der Waals surface area contributed by atoms with E-state index in [-0.39, 0.29) is 23.9 Å². The van der Waals surface area contributed by atoms with Crippen LogP contribution in [0.5, 0.6) is 0 Å². The van der Waals surface area contributed by atoms with E-state index in [1.165, 1.54) is 51.0 Å². The van der Waals surface area contributed by atoms with E-state index in [0.29, 0.717) is 25.7 Å². The first-order chi connectivity index (χ1) is 15.2. The fourth-order valence-corrected chi connectivity index (χ4v) is 3.96. The lowest BCUT2D eigenvalue weighted by molar-refractivity contribution is -0.148. The van der Waals surface area contributed by atoms with Crippen molar-refractivity contribution in [2.75, 3.05) is 0 Å². The maximum absolute atomic E-state index is 11.4. The number of carbonyl (C=O) groups is 3. The van der Waals surface area contributed by atoms with Crippen molar-refractivity contribution in [3.63, 3.8) is 0 Å². The molecule has 1 saturated carbocycles. The third-order valence-electron chi connectivity index (χ3n) is 6.06. The van der Waals surface area contributed by atoms with Gasteiger partial charge in [-0.15, -0.1) is 0 Å². The molecule has 0 aromatic heterocycles. The van der Waals surface area contributed by atoms with E-state index in [1.807, 2.05) is 0 Å². The molecule has 1 atom stereocenters. The van der Waals surface area contributed by atoms with Crippen molar-refractivity contribution >= 4 is 17.9 Å². The van der Waals surface area contributed by atoms with Crippen molar-refractivity contribution in [2.24, 2.45) is 17.8 Å².